The summed E-state index contributed by atoms with van der Waals surface area (Å²) in [6.45, 7) is 6.62. The van der Waals surface area contributed by atoms with Crippen molar-refractivity contribution in [3.05, 3.63) is 29.8 Å². The van der Waals surface area contributed by atoms with Crippen LogP contribution in [0.15, 0.2) is 24.3 Å². The van der Waals surface area contributed by atoms with E-state index in [9.17, 15) is 14.4 Å². The van der Waals surface area contributed by atoms with E-state index in [1.807, 2.05) is 0 Å². The molecule has 0 spiro atoms. The average Bonchev–Trinajstić information content (AvgIpc) is 2.65. The van der Waals surface area contributed by atoms with Crippen LogP contribution in [-0.2, 0) is 14.3 Å². The molecule has 27 heavy (non-hydrogen) atoms. The number of benzene rings is 1. The van der Waals surface area contributed by atoms with E-state index in [1.54, 1.807) is 24.3 Å². The molecule has 1 saturated carbocycles. The number of hydrogen-bond acceptors (Lipinski definition) is 4. The summed E-state index contributed by atoms with van der Waals surface area (Å²) in [6, 6.07) is 6.65. The SMILES string of the molecule is COC(=O)CNC(=O)c1ccc(NC(=O)C2CCC(C(C)(C)C)CC2)cc1. The maximum absolute atomic E-state index is 12.5. The molecule has 2 N–H and O–H groups in total. The predicted molar refractivity (Wildman–Crippen MR) is 104 cm³/mol. The normalized spacial score (nSPS) is 19.9. The molecule has 2 rings (SSSR count). The number of carbonyl (C=O) groups excluding carboxylic acids is 3. The molecular formula is C21H30N2O4. The molecule has 0 heterocycles. The van der Waals surface area contributed by atoms with Gasteiger partial charge in [0.25, 0.3) is 5.91 Å². The summed E-state index contributed by atoms with van der Waals surface area (Å²) >= 11 is 0. The number of rotatable bonds is 5. The maximum Gasteiger partial charge on any atom is 0.325 e. The fourth-order valence-corrected chi connectivity index (χ4v) is 3.50. The summed E-state index contributed by atoms with van der Waals surface area (Å²) < 4.78 is 4.48. The summed E-state index contributed by atoms with van der Waals surface area (Å²) in [5, 5.41) is 5.42. The number of anilines is 1. The lowest BCUT2D eigenvalue weighted by Crippen LogP contribution is -2.31. The molecule has 1 aromatic carbocycles. The molecule has 2 amide bonds. The Balaban J connectivity index is 1.85. The van der Waals surface area contributed by atoms with Crippen molar-refractivity contribution < 1.29 is 19.1 Å². The van der Waals surface area contributed by atoms with Gasteiger partial charge in [0.1, 0.15) is 6.54 Å². The first kappa shape index (κ1) is 20.9. The Morgan fingerprint density at radius 1 is 1.04 bits per heavy atom. The number of ether oxygens (including phenoxy) is 1. The summed E-state index contributed by atoms with van der Waals surface area (Å²) in [5.41, 5.74) is 1.39. The fourth-order valence-electron chi connectivity index (χ4n) is 3.50. The molecule has 1 aliphatic carbocycles. The molecule has 0 unspecified atom stereocenters. The topological polar surface area (TPSA) is 84.5 Å². The maximum atomic E-state index is 12.5. The zero-order valence-electron chi connectivity index (χ0n) is 16.6. The predicted octanol–water partition coefficient (Wildman–Crippen LogP) is 3.38. The van der Waals surface area contributed by atoms with E-state index in [0.717, 1.165) is 25.7 Å². The number of amides is 2. The third-order valence-corrected chi connectivity index (χ3v) is 5.36. The van der Waals surface area contributed by atoms with Crippen molar-refractivity contribution in [2.24, 2.45) is 17.3 Å². The summed E-state index contributed by atoms with van der Waals surface area (Å²) in [6.07, 6.45) is 4.01. The van der Waals surface area contributed by atoms with Crippen molar-refractivity contribution >= 4 is 23.5 Å². The molecular weight excluding hydrogens is 344 g/mol. The molecule has 6 nitrogen and oxygen atoms in total. The van der Waals surface area contributed by atoms with E-state index in [2.05, 4.69) is 36.1 Å². The molecule has 1 fully saturated rings. The van der Waals surface area contributed by atoms with Gasteiger partial charge in [-0.15, -0.1) is 0 Å². The van der Waals surface area contributed by atoms with Crippen LogP contribution in [0, 0.1) is 17.3 Å². The van der Waals surface area contributed by atoms with Crippen LogP contribution in [0.1, 0.15) is 56.8 Å². The summed E-state index contributed by atoms with van der Waals surface area (Å²) in [4.78, 5) is 35.5. The summed E-state index contributed by atoms with van der Waals surface area (Å²) in [7, 11) is 1.27. The van der Waals surface area contributed by atoms with Crippen molar-refractivity contribution in [1.29, 1.82) is 0 Å². The van der Waals surface area contributed by atoms with Gasteiger partial charge in [-0.2, -0.15) is 0 Å². The first-order valence-corrected chi connectivity index (χ1v) is 9.46. The van der Waals surface area contributed by atoms with Gasteiger partial charge in [0.15, 0.2) is 0 Å². The van der Waals surface area contributed by atoms with Gasteiger partial charge in [0.2, 0.25) is 5.91 Å². The van der Waals surface area contributed by atoms with Crippen molar-refractivity contribution in [2.75, 3.05) is 19.0 Å². The first-order chi connectivity index (χ1) is 12.7. The van der Waals surface area contributed by atoms with Gasteiger partial charge in [-0.3, -0.25) is 14.4 Å². The zero-order chi connectivity index (χ0) is 20.0. The molecule has 0 atom stereocenters. The molecule has 148 valence electrons. The Labute approximate surface area is 161 Å². The minimum atomic E-state index is -0.506. The molecule has 0 bridgehead atoms. The van der Waals surface area contributed by atoms with Gasteiger partial charge in [-0.05, 0) is 61.3 Å². The molecule has 0 saturated heterocycles. The fraction of sp³-hybridized carbons (Fsp3) is 0.571. The Bertz CT molecular complexity index is 668. The Hall–Kier alpha value is -2.37. The molecule has 6 heteroatoms. The van der Waals surface area contributed by atoms with Gasteiger partial charge >= 0.3 is 5.97 Å². The van der Waals surface area contributed by atoms with Crippen molar-refractivity contribution in [1.82, 2.24) is 5.32 Å². The summed E-state index contributed by atoms with van der Waals surface area (Å²) in [5.74, 6) is -0.103. The number of methoxy groups -OCH3 is 1. The van der Waals surface area contributed by atoms with Gasteiger partial charge in [-0.1, -0.05) is 20.8 Å². The van der Waals surface area contributed by atoms with E-state index in [4.69, 9.17) is 0 Å². The highest BCUT2D eigenvalue weighted by molar-refractivity contribution is 5.97. The molecule has 0 aliphatic heterocycles. The van der Waals surface area contributed by atoms with E-state index >= 15 is 0 Å². The third-order valence-electron chi connectivity index (χ3n) is 5.36. The van der Waals surface area contributed by atoms with Crippen LogP contribution in [0.3, 0.4) is 0 Å². The second-order valence-electron chi connectivity index (χ2n) is 8.24. The van der Waals surface area contributed by atoms with Gasteiger partial charge in [-0.25, -0.2) is 0 Å². The number of nitrogens with one attached hydrogen (secondary N) is 2. The minimum Gasteiger partial charge on any atom is -0.468 e. The van der Waals surface area contributed by atoms with Crippen LogP contribution >= 0.6 is 0 Å². The first-order valence-electron chi connectivity index (χ1n) is 9.46. The Kier molecular flexibility index (Phi) is 6.99. The van der Waals surface area contributed by atoms with Crippen LogP contribution in [-0.4, -0.2) is 31.4 Å². The van der Waals surface area contributed by atoms with Crippen molar-refractivity contribution in [3.63, 3.8) is 0 Å². The number of esters is 1. The monoisotopic (exact) mass is 374 g/mol. The van der Waals surface area contributed by atoms with Crippen molar-refractivity contribution in [2.45, 2.75) is 46.5 Å². The highest BCUT2D eigenvalue weighted by Gasteiger charge is 2.32. The smallest absolute Gasteiger partial charge is 0.325 e. The van der Waals surface area contributed by atoms with Crippen LogP contribution in [0.2, 0.25) is 0 Å². The Morgan fingerprint density at radius 3 is 2.15 bits per heavy atom. The van der Waals surface area contributed by atoms with E-state index < -0.39 is 5.97 Å². The third kappa shape index (κ3) is 6.08. The van der Waals surface area contributed by atoms with Crippen LogP contribution in [0.4, 0.5) is 5.69 Å². The lowest BCUT2D eigenvalue weighted by Gasteiger charge is -2.36. The highest BCUT2D eigenvalue weighted by Crippen LogP contribution is 2.40. The standard InChI is InChI=1S/C21H30N2O4/c1-21(2,3)16-9-5-15(6-10-16)20(26)23-17-11-7-14(8-12-17)19(25)22-13-18(24)27-4/h7-8,11-12,15-16H,5-6,9-10,13H2,1-4H3,(H,22,25)(H,23,26). The largest absolute Gasteiger partial charge is 0.468 e. The second-order valence-corrected chi connectivity index (χ2v) is 8.24. The van der Waals surface area contributed by atoms with Gasteiger partial charge in [0, 0.05) is 17.2 Å². The average molecular weight is 374 g/mol. The molecule has 1 aromatic rings. The van der Waals surface area contributed by atoms with Gasteiger partial charge < -0.3 is 15.4 Å². The molecule has 0 radical (unpaired) electrons. The molecule has 0 aromatic heterocycles. The van der Waals surface area contributed by atoms with Gasteiger partial charge in [0.05, 0.1) is 7.11 Å². The van der Waals surface area contributed by atoms with Crippen LogP contribution in [0.25, 0.3) is 0 Å². The quantitative estimate of drug-likeness (QED) is 0.774. The number of carbonyl (C=O) groups is 3. The van der Waals surface area contributed by atoms with E-state index in [1.165, 1.54) is 7.11 Å². The highest BCUT2D eigenvalue weighted by atomic mass is 16.5. The lowest BCUT2D eigenvalue weighted by atomic mass is 9.69. The minimum absolute atomic E-state index is 0.0465. The van der Waals surface area contributed by atoms with Crippen LogP contribution in [0.5, 0.6) is 0 Å². The zero-order valence-corrected chi connectivity index (χ0v) is 16.6. The lowest BCUT2D eigenvalue weighted by molar-refractivity contribution is -0.139. The van der Waals surface area contributed by atoms with Crippen molar-refractivity contribution in [3.8, 4) is 0 Å². The second kappa shape index (κ2) is 9.02. The molecule has 1 aliphatic rings. The van der Waals surface area contributed by atoms with E-state index in [0.29, 0.717) is 22.6 Å². The number of hydrogen-bond donors (Lipinski definition) is 2. The van der Waals surface area contributed by atoms with E-state index in [-0.39, 0.29) is 24.3 Å². The van der Waals surface area contributed by atoms with Crippen LogP contribution < -0.4 is 10.6 Å². The Morgan fingerprint density at radius 2 is 1.63 bits per heavy atom.